The number of nitrogens with zero attached hydrogens (tertiary/aromatic N) is 2. The first kappa shape index (κ1) is 9.36. The van der Waals surface area contributed by atoms with Crippen molar-refractivity contribution in [3.8, 4) is 0 Å². The van der Waals surface area contributed by atoms with Crippen molar-refractivity contribution < 1.29 is 4.42 Å². The molecule has 2 aliphatic rings. The number of aromatic nitrogens is 1. The minimum absolute atomic E-state index is 0.482. The van der Waals surface area contributed by atoms with Crippen molar-refractivity contribution in [1.82, 2.24) is 15.2 Å². The molecule has 0 spiro atoms. The van der Waals surface area contributed by atoms with Gasteiger partial charge in [-0.2, -0.15) is 0 Å². The van der Waals surface area contributed by atoms with Crippen LogP contribution in [0.1, 0.15) is 36.4 Å². The third kappa shape index (κ3) is 1.58. The topological polar surface area (TPSA) is 41.3 Å². The van der Waals surface area contributed by atoms with E-state index in [2.05, 4.69) is 22.2 Å². The first-order chi connectivity index (χ1) is 7.34. The van der Waals surface area contributed by atoms with E-state index >= 15 is 0 Å². The van der Waals surface area contributed by atoms with Gasteiger partial charge in [0.2, 0.25) is 0 Å². The van der Waals surface area contributed by atoms with E-state index in [0.717, 1.165) is 24.7 Å². The van der Waals surface area contributed by atoms with Crippen molar-refractivity contribution in [3.05, 3.63) is 17.8 Å². The summed E-state index contributed by atoms with van der Waals surface area (Å²) in [6, 6.07) is 0.482. The fraction of sp³-hybridized carbons (Fsp3) is 0.727. The molecule has 0 radical (unpaired) electrons. The molecule has 2 fully saturated rings. The fourth-order valence-corrected chi connectivity index (χ4v) is 2.39. The van der Waals surface area contributed by atoms with Gasteiger partial charge in [0.25, 0.3) is 0 Å². The van der Waals surface area contributed by atoms with Gasteiger partial charge in [-0.25, -0.2) is 4.98 Å². The lowest BCUT2D eigenvalue weighted by atomic mass is 10.0. The highest BCUT2D eigenvalue weighted by Crippen LogP contribution is 2.31. The summed E-state index contributed by atoms with van der Waals surface area (Å²) in [5, 5.41) is 3.24. The Morgan fingerprint density at radius 3 is 3.00 bits per heavy atom. The van der Waals surface area contributed by atoms with E-state index in [-0.39, 0.29) is 0 Å². The number of nitrogens with one attached hydrogen (secondary N) is 1. The number of hydrogen-bond acceptors (Lipinski definition) is 4. The molecule has 1 N–H and O–H groups in total. The zero-order chi connectivity index (χ0) is 10.3. The zero-order valence-electron chi connectivity index (χ0n) is 9.07. The summed E-state index contributed by atoms with van der Waals surface area (Å²) in [5.41, 5.74) is 1.12. The highest BCUT2D eigenvalue weighted by molar-refractivity contribution is 5.10. The van der Waals surface area contributed by atoms with Crippen molar-refractivity contribution in [2.75, 3.05) is 26.7 Å². The summed E-state index contributed by atoms with van der Waals surface area (Å²) in [6.45, 7) is 3.21. The molecule has 1 aromatic rings. The average Bonchev–Trinajstić information content (AvgIpc) is 2.70. The Bertz CT molecular complexity index is 345. The molecule has 0 aliphatic carbocycles. The maximum absolute atomic E-state index is 5.55. The Morgan fingerprint density at radius 1 is 1.53 bits per heavy atom. The monoisotopic (exact) mass is 207 g/mol. The van der Waals surface area contributed by atoms with E-state index in [1.807, 2.05) is 6.26 Å². The lowest BCUT2D eigenvalue weighted by Crippen LogP contribution is -2.40. The van der Waals surface area contributed by atoms with E-state index in [4.69, 9.17) is 4.42 Å². The van der Waals surface area contributed by atoms with Crippen LogP contribution >= 0.6 is 0 Å². The van der Waals surface area contributed by atoms with E-state index in [1.165, 1.54) is 19.4 Å². The first-order valence-corrected chi connectivity index (χ1v) is 5.71. The second kappa shape index (κ2) is 3.61. The van der Waals surface area contributed by atoms with Gasteiger partial charge in [0, 0.05) is 13.1 Å². The lowest BCUT2D eigenvalue weighted by Gasteiger charge is -2.23. The Balaban J connectivity index is 1.77. The number of likely N-dealkylation sites (tertiary alicyclic amines) is 1. The van der Waals surface area contributed by atoms with E-state index in [1.54, 1.807) is 0 Å². The third-order valence-corrected chi connectivity index (χ3v) is 3.53. The number of hydrogen-bond donors (Lipinski definition) is 1. The molecular weight excluding hydrogens is 190 g/mol. The van der Waals surface area contributed by atoms with Crippen LogP contribution in [0.25, 0.3) is 0 Å². The molecule has 2 aliphatic heterocycles. The van der Waals surface area contributed by atoms with Gasteiger partial charge in [0.1, 0.15) is 6.26 Å². The zero-order valence-corrected chi connectivity index (χ0v) is 9.07. The molecular formula is C11H17N3O. The molecule has 2 saturated heterocycles. The van der Waals surface area contributed by atoms with Gasteiger partial charge in [-0.15, -0.1) is 0 Å². The van der Waals surface area contributed by atoms with Gasteiger partial charge >= 0.3 is 0 Å². The standard InChI is InChI=1S/C11H17N3O/c1-14-4-2-3-10(14)9-7-15-11(13-9)8-5-12-6-8/h7-8,10,12H,2-6H2,1H3. The van der Waals surface area contributed by atoms with Crippen molar-refractivity contribution in [3.63, 3.8) is 0 Å². The molecule has 1 aromatic heterocycles. The van der Waals surface area contributed by atoms with Gasteiger partial charge < -0.3 is 9.73 Å². The molecule has 0 amide bonds. The Morgan fingerprint density at radius 2 is 2.40 bits per heavy atom. The summed E-state index contributed by atoms with van der Waals surface area (Å²) in [4.78, 5) is 6.98. The number of oxazole rings is 1. The van der Waals surface area contributed by atoms with E-state index in [0.29, 0.717) is 12.0 Å². The number of rotatable bonds is 2. The van der Waals surface area contributed by atoms with Crippen LogP contribution in [-0.4, -0.2) is 36.6 Å². The molecule has 4 nitrogen and oxygen atoms in total. The molecule has 0 aromatic carbocycles. The van der Waals surface area contributed by atoms with Crippen LogP contribution in [0.2, 0.25) is 0 Å². The second-order valence-electron chi connectivity index (χ2n) is 4.60. The van der Waals surface area contributed by atoms with Gasteiger partial charge in [0.15, 0.2) is 5.89 Å². The van der Waals surface area contributed by atoms with Crippen molar-refractivity contribution in [2.24, 2.45) is 0 Å². The summed E-state index contributed by atoms with van der Waals surface area (Å²) < 4.78 is 5.55. The SMILES string of the molecule is CN1CCCC1c1coc(C2CNC2)n1. The minimum Gasteiger partial charge on any atom is -0.448 e. The summed E-state index contributed by atoms with van der Waals surface area (Å²) in [7, 11) is 2.16. The highest BCUT2D eigenvalue weighted by atomic mass is 16.3. The molecule has 4 heteroatoms. The van der Waals surface area contributed by atoms with Crippen LogP contribution in [0.15, 0.2) is 10.7 Å². The molecule has 82 valence electrons. The van der Waals surface area contributed by atoms with Crippen LogP contribution in [0, 0.1) is 0 Å². The Labute approximate surface area is 89.7 Å². The normalized spacial score (nSPS) is 28.2. The van der Waals surface area contributed by atoms with Crippen LogP contribution in [0.3, 0.4) is 0 Å². The molecule has 1 atom stereocenters. The molecule has 15 heavy (non-hydrogen) atoms. The average molecular weight is 207 g/mol. The van der Waals surface area contributed by atoms with Gasteiger partial charge in [-0.05, 0) is 26.4 Å². The third-order valence-electron chi connectivity index (χ3n) is 3.53. The van der Waals surface area contributed by atoms with Crippen LogP contribution in [-0.2, 0) is 0 Å². The Kier molecular flexibility index (Phi) is 2.25. The van der Waals surface area contributed by atoms with Crippen molar-refractivity contribution >= 4 is 0 Å². The lowest BCUT2D eigenvalue weighted by molar-refractivity contribution is 0.311. The molecule has 3 heterocycles. The summed E-state index contributed by atoms with van der Waals surface area (Å²) >= 11 is 0. The maximum Gasteiger partial charge on any atom is 0.199 e. The van der Waals surface area contributed by atoms with Crippen molar-refractivity contribution in [2.45, 2.75) is 24.8 Å². The van der Waals surface area contributed by atoms with Gasteiger partial charge in [-0.1, -0.05) is 0 Å². The first-order valence-electron chi connectivity index (χ1n) is 5.71. The van der Waals surface area contributed by atoms with Crippen molar-refractivity contribution in [1.29, 1.82) is 0 Å². The van der Waals surface area contributed by atoms with E-state index < -0.39 is 0 Å². The molecule has 0 saturated carbocycles. The molecule has 3 rings (SSSR count). The summed E-state index contributed by atoms with van der Waals surface area (Å²) in [5.74, 6) is 1.43. The molecule has 0 bridgehead atoms. The Hall–Kier alpha value is -0.870. The van der Waals surface area contributed by atoms with Gasteiger partial charge in [-0.3, -0.25) is 4.90 Å². The molecule has 1 unspecified atom stereocenters. The second-order valence-corrected chi connectivity index (χ2v) is 4.60. The van der Waals surface area contributed by atoms with E-state index in [9.17, 15) is 0 Å². The fourth-order valence-electron chi connectivity index (χ4n) is 2.39. The smallest absolute Gasteiger partial charge is 0.199 e. The van der Waals surface area contributed by atoms with Gasteiger partial charge in [0.05, 0.1) is 17.7 Å². The van der Waals surface area contributed by atoms with Crippen LogP contribution in [0.5, 0.6) is 0 Å². The predicted molar refractivity (Wildman–Crippen MR) is 56.7 cm³/mol. The van der Waals surface area contributed by atoms with Crippen LogP contribution < -0.4 is 5.32 Å². The maximum atomic E-state index is 5.55. The predicted octanol–water partition coefficient (Wildman–Crippen LogP) is 1.13. The summed E-state index contributed by atoms with van der Waals surface area (Å²) in [6.07, 6.45) is 4.33. The minimum atomic E-state index is 0.482. The van der Waals surface area contributed by atoms with Crippen LogP contribution in [0.4, 0.5) is 0 Å². The quantitative estimate of drug-likeness (QED) is 0.789. The largest absolute Gasteiger partial charge is 0.448 e. The highest BCUT2D eigenvalue weighted by Gasteiger charge is 2.28.